The fourth-order valence-corrected chi connectivity index (χ4v) is 9.31. The van der Waals surface area contributed by atoms with Crippen molar-refractivity contribution in [3.8, 4) is 11.5 Å². The monoisotopic (exact) mass is 536 g/mol. The number of benzene rings is 2. The Kier molecular flexibility index (Phi) is 4.21. The second-order valence-corrected chi connectivity index (χ2v) is 12.7. The van der Waals surface area contributed by atoms with Gasteiger partial charge >= 0.3 is 6.18 Å². The maximum atomic E-state index is 14.5. The summed E-state index contributed by atoms with van der Waals surface area (Å²) >= 11 is 0. The van der Waals surface area contributed by atoms with Crippen LogP contribution in [-0.2, 0) is 37.4 Å². The number of ether oxygens (including phenoxy) is 2. The molecule has 204 valence electrons. The van der Waals surface area contributed by atoms with E-state index in [1.807, 2.05) is 6.07 Å². The van der Waals surface area contributed by atoms with Crippen molar-refractivity contribution in [2.75, 3.05) is 20.2 Å². The minimum absolute atomic E-state index is 0.168. The van der Waals surface area contributed by atoms with Crippen molar-refractivity contribution >= 4 is 10.9 Å². The van der Waals surface area contributed by atoms with E-state index in [0.29, 0.717) is 47.9 Å². The average Bonchev–Trinajstić information content (AvgIpc) is 3.57. The van der Waals surface area contributed by atoms with Gasteiger partial charge < -0.3 is 19.1 Å². The van der Waals surface area contributed by atoms with E-state index in [0.717, 1.165) is 42.8 Å². The highest BCUT2D eigenvalue weighted by molar-refractivity contribution is 5.93. The predicted octanol–water partition coefficient (Wildman–Crippen LogP) is 5.31. The van der Waals surface area contributed by atoms with Crippen LogP contribution >= 0.6 is 0 Å². The summed E-state index contributed by atoms with van der Waals surface area (Å²) in [6.45, 7) is 2.46. The Balaban J connectivity index is 1.37. The number of aryl methyl sites for hydroxylation is 2. The Morgan fingerprint density at radius 3 is 2.72 bits per heavy atom. The molecular formula is C31H31F3N2O3. The average molecular weight is 537 g/mol. The molecule has 8 heteroatoms. The number of halogens is 3. The van der Waals surface area contributed by atoms with E-state index in [2.05, 4.69) is 15.5 Å². The SMILES string of the molecule is COc1ccc2c3c1O[C@H]1c4c(c5c(C(F)(F)F)ccc6c5n4CCC6)C[C@@]4(O)[C@@H](C2)N(CC2CC2)CC[C@]314. The maximum absolute atomic E-state index is 14.5. The van der Waals surface area contributed by atoms with Crippen molar-refractivity contribution in [3.63, 3.8) is 0 Å². The van der Waals surface area contributed by atoms with Gasteiger partial charge in [0.25, 0.3) is 0 Å². The van der Waals surface area contributed by atoms with Gasteiger partial charge in [0.2, 0.25) is 0 Å². The van der Waals surface area contributed by atoms with Gasteiger partial charge in [0, 0.05) is 36.5 Å². The second kappa shape index (κ2) is 7.13. The Labute approximate surface area is 224 Å². The number of hydrogen-bond donors (Lipinski definition) is 1. The molecule has 1 spiro atoms. The molecular weight excluding hydrogens is 505 g/mol. The zero-order valence-corrected chi connectivity index (χ0v) is 21.9. The summed E-state index contributed by atoms with van der Waals surface area (Å²) in [5.74, 6) is 1.96. The Bertz CT molecular complexity index is 1590. The lowest BCUT2D eigenvalue weighted by atomic mass is 9.49. The number of nitrogens with zero attached hydrogens (tertiary/aromatic N) is 2. The quantitative estimate of drug-likeness (QED) is 0.493. The third-order valence-electron chi connectivity index (χ3n) is 11.0. The molecule has 1 saturated heterocycles. The topological polar surface area (TPSA) is 46.9 Å². The molecule has 0 radical (unpaired) electrons. The first-order chi connectivity index (χ1) is 18.8. The second-order valence-electron chi connectivity index (χ2n) is 12.7. The highest BCUT2D eigenvalue weighted by atomic mass is 19.4. The zero-order valence-electron chi connectivity index (χ0n) is 21.9. The van der Waals surface area contributed by atoms with Crippen LogP contribution in [0.1, 0.15) is 65.3 Å². The molecule has 1 aromatic heterocycles. The number of likely N-dealkylation sites (tertiary alicyclic amines) is 1. The number of fused-ring (bicyclic) bond motifs is 4. The normalized spacial score (nSPS) is 32.1. The van der Waals surface area contributed by atoms with Gasteiger partial charge in [-0.05, 0) is 79.8 Å². The molecule has 1 saturated carbocycles. The first-order valence-corrected chi connectivity index (χ1v) is 14.3. The standard InChI is InChI=1S/C31H31F3N2O3/c1-38-21-9-7-18-13-22-30(37)14-19-23-20(31(32,33)34)8-6-17-3-2-11-36(25(17)23)26(19)28-29(30,24(18)27(21)39-28)10-12-35(22)15-16-4-5-16/h6-9,16,22,28,37H,2-5,10-15H2,1H3/t22-,28+,29+,30-/m1/s1. The molecule has 9 rings (SSSR count). The molecule has 2 aromatic carbocycles. The Morgan fingerprint density at radius 1 is 1.13 bits per heavy atom. The van der Waals surface area contributed by atoms with Crippen LogP contribution in [0.4, 0.5) is 13.2 Å². The summed E-state index contributed by atoms with van der Waals surface area (Å²) in [6.07, 6.45) is 0.610. The number of aromatic nitrogens is 1. The fraction of sp³-hybridized carbons (Fsp3) is 0.548. The number of alkyl halides is 3. The third-order valence-corrected chi connectivity index (χ3v) is 11.0. The molecule has 3 aliphatic carbocycles. The van der Waals surface area contributed by atoms with Crippen LogP contribution in [-0.4, -0.2) is 46.4 Å². The van der Waals surface area contributed by atoms with Gasteiger partial charge in [-0.2, -0.15) is 13.2 Å². The summed E-state index contributed by atoms with van der Waals surface area (Å²) in [4.78, 5) is 2.45. The van der Waals surface area contributed by atoms with Crippen LogP contribution in [0.3, 0.4) is 0 Å². The van der Waals surface area contributed by atoms with Crippen LogP contribution in [0.2, 0.25) is 0 Å². The highest BCUT2D eigenvalue weighted by Crippen LogP contribution is 2.70. The number of rotatable bonds is 3. The smallest absolute Gasteiger partial charge is 0.417 e. The number of hydrogen-bond acceptors (Lipinski definition) is 4. The van der Waals surface area contributed by atoms with Gasteiger partial charge in [-0.25, -0.2) is 0 Å². The van der Waals surface area contributed by atoms with Crippen molar-refractivity contribution in [3.05, 3.63) is 57.8 Å². The summed E-state index contributed by atoms with van der Waals surface area (Å²) in [7, 11) is 1.62. The molecule has 0 amide bonds. The van der Waals surface area contributed by atoms with Crippen molar-refractivity contribution in [2.45, 2.75) is 80.8 Å². The van der Waals surface area contributed by atoms with E-state index >= 15 is 0 Å². The Hall–Kier alpha value is -2.71. The number of aliphatic hydroxyl groups is 1. The molecule has 2 fully saturated rings. The predicted molar refractivity (Wildman–Crippen MR) is 138 cm³/mol. The molecule has 5 nitrogen and oxygen atoms in total. The third kappa shape index (κ3) is 2.62. The molecule has 3 aromatic rings. The van der Waals surface area contributed by atoms with E-state index in [1.165, 1.54) is 24.5 Å². The van der Waals surface area contributed by atoms with Crippen molar-refractivity contribution in [2.24, 2.45) is 5.92 Å². The lowest BCUT2D eigenvalue weighted by molar-refractivity contribution is -0.173. The molecule has 1 N–H and O–H groups in total. The summed E-state index contributed by atoms with van der Waals surface area (Å²) < 4.78 is 58.3. The molecule has 4 atom stereocenters. The summed E-state index contributed by atoms with van der Waals surface area (Å²) in [5.41, 5.74) is 2.79. The first kappa shape index (κ1) is 23.0. The van der Waals surface area contributed by atoms with Gasteiger partial charge in [-0.3, -0.25) is 4.90 Å². The van der Waals surface area contributed by atoms with E-state index < -0.39 is 28.9 Å². The van der Waals surface area contributed by atoms with Gasteiger partial charge in [0.05, 0.1) is 34.9 Å². The molecule has 2 bridgehead atoms. The van der Waals surface area contributed by atoms with Gasteiger partial charge in [0.15, 0.2) is 17.6 Å². The van der Waals surface area contributed by atoms with Crippen molar-refractivity contribution < 1.29 is 27.8 Å². The molecule has 6 aliphatic rings. The molecule has 0 unspecified atom stereocenters. The van der Waals surface area contributed by atoms with Gasteiger partial charge in [0.1, 0.15) is 0 Å². The highest BCUT2D eigenvalue weighted by Gasteiger charge is 2.73. The van der Waals surface area contributed by atoms with E-state index in [1.54, 1.807) is 13.2 Å². The minimum Gasteiger partial charge on any atom is -0.493 e. The first-order valence-electron chi connectivity index (χ1n) is 14.3. The maximum Gasteiger partial charge on any atom is 0.417 e. The van der Waals surface area contributed by atoms with E-state index in [4.69, 9.17) is 9.47 Å². The van der Waals surface area contributed by atoms with Crippen LogP contribution in [0, 0.1) is 5.92 Å². The number of piperidine rings is 1. The lowest BCUT2D eigenvalue weighted by Gasteiger charge is -2.63. The fourth-order valence-electron chi connectivity index (χ4n) is 9.31. The largest absolute Gasteiger partial charge is 0.493 e. The van der Waals surface area contributed by atoms with Crippen LogP contribution in [0.5, 0.6) is 11.5 Å². The summed E-state index contributed by atoms with van der Waals surface area (Å²) in [5, 5.41) is 13.4. The minimum atomic E-state index is -4.48. The van der Waals surface area contributed by atoms with Crippen LogP contribution in [0.25, 0.3) is 10.9 Å². The van der Waals surface area contributed by atoms with Gasteiger partial charge in [-0.1, -0.05) is 12.1 Å². The van der Waals surface area contributed by atoms with E-state index in [9.17, 15) is 18.3 Å². The van der Waals surface area contributed by atoms with Crippen molar-refractivity contribution in [1.82, 2.24) is 9.47 Å². The lowest BCUT2D eigenvalue weighted by Crippen LogP contribution is -2.74. The van der Waals surface area contributed by atoms with Crippen LogP contribution < -0.4 is 9.47 Å². The van der Waals surface area contributed by atoms with Crippen molar-refractivity contribution in [1.29, 1.82) is 0 Å². The number of methoxy groups -OCH3 is 1. The molecule has 3 aliphatic heterocycles. The molecule has 39 heavy (non-hydrogen) atoms. The zero-order chi connectivity index (χ0) is 26.5. The van der Waals surface area contributed by atoms with Crippen LogP contribution in [0.15, 0.2) is 24.3 Å². The molecule has 4 heterocycles. The van der Waals surface area contributed by atoms with Gasteiger partial charge in [-0.15, -0.1) is 0 Å². The Morgan fingerprint density at radius 2 is 1.95 bits per heavy atom. The summed E-state index contributed by atoms with van der Waals surface area (Å²) in [6, 6.07) is 6.82. The van der Waals surface area contributed by atoms with E-state index in [-0.39, 0.29) is 17.8 Å².